The number of aromatic hydroxyl groups is 1. The SMILES string of the molecule is COc1c(-c2nc(-c3ccccc3)c(-c3ccccc3)[nH]2)c(O)cc2occ(C=Nc3ccccc3)c(=O)c12. The minimum absolute atomic E-state index is 0.138. The molecule has 39 heavy (non-hydrogen) atoms. The summed E-state index contributed by atoms with van der Waals surface area (Å²) in [5.41, 5.74) is 4.35. The molecule has 0 radical (unpaired) electrons. The molecule has 6 rings (SSSR count). The van der Waals surface area contributed by atoms with Crippen LogP contribution in [0.25, 0.3) is 44.9 Å². The Morgan fingerprint density at radius 1 is 0.923 bits per heavy atom. The van der Waals surface area contributed by atoms with Crippen molar-refractivity contribution in [2.45, 2.75) is 0 Å². The fourth-order valence-corrected chi connectivity index (χ4v) is 4.54. The summed E-state index contributed by atoms with van der Waals surface area (Å²) in [6.07, 6.45) is 2.78. The Balaban J connectivity index is 1.56. The van der Waals surface area contributed by atoms with Gasteiger partial charge in [-0.15, -0.1) is 0 Å². The molecule has 4 aromatic carbocycles. The highest BCUT2D eigenvalue weighted by Crippen LogP contribution is 2.43. The molecule has 2 heterocycles. The number of aliphatic imine (C=N–C) groups is 1. The van der Waals surface area contributed by atoms with Gasteiger partial charge in [0.1, 0.15) is 40.1 Å². The number of imidazole rings is 1. The maximum Gasteiger partial charge on any atom is 0.205 e. The van der Waals surface area contributed by atoms with Crippen LogP contribution in [0.4, 0.5) is 5.69 Å². The van der Waals surface area contributed by atoms with Gasteiger partial charge < -0.3 is 19.2 Å². The van der Waals surface area contributed by atoms with E-state index in [1.807, 2.05) is 91.0 Å². The number of ether oxygens (including phenoxy) is 1. The molecule has 0 saturated carbocycles. The third kappa shape index (κ3) is 4.46. The first-order valence-electron chi connectivity index (χ1n) is 12.3. The number of rotatable bonds is 6. The Hall–Kier alpha value is -5.43. The fraction of sp³-hybridized carbons (Fsp3) is 0.0312. The molecule has 0 fully saturated rings. The number of hydrogen-bond acceptors (Lipinski definition) is 6. The summed E-state index contributed by atoms with van der Waals surface area (Å²) in [7, 11) is 1.45. The highest BCUT2D eigenvalue weighted by molar-refractivity contribution is 5.97. The lowest BCUT2D eigenvalue weighted by Crippen LogP contribution is -2.10. The van der Waals surface area contributed by atoms with Crippen LogP contribution in [0.15, 0.2) is 118 Å². The molecule has 2 N–H and O–H groups in total. The van der Waals surface area contributed by atoms with E-state index in [2.05, 4.69) is 9.98 Å². The van der Waals surface area contributed by atoms with Crippen LogP contribution in [0, 0.1) is 0 Å². The summed E-state index contributed by atoms with van der Waals surface area (Å²) in [5.74, 6) is 0.370. The lowest BCUT2D eigenvalue weighted by Gasteiger charge is -2.11. The van der Waals surface area contributed by atoms with Crippen molar-refractivity contribution in [3.63, 3.8) is 0 Å². The number of fused-ring (bicyclic) bond motifs is 1. The van der Waals surface area contributed by atoms with Gasteiger partial charge in [0, 0.05) is 23.4 Å². The Morgan fingerprint density at radius 2 is 1.56 bits per heavy atom. The van der Waals surface area contributed by atoms with E-state index in [9.17, 15) is 9.90 Å². The van der Waals surface area contributed by atoms with E-state index in [1.165, 1.54) is 25.7 Å². The van der Waals surface area contributed by atoms with Gasteiger partial charge in [-0.05, 0) is 12.1 Å². The summed E-state index contributed by atoms with van der Waals surface area (Å²) >= 11 is 0. The first-order chi connectivity index (χ1) is 19.1. The maximum absolute atomic E-state index is 13.6. The molecule has 2 aromatic heterocycles. The molecule has 190 valence electrons. The molecule has 0 bridgehead atoms. The smallest absolute Gasteiger partial charge is 0.205 e. The first-order valence-corrected chi connectivity index (χ1v) is 12.3. The van der Waals surface area contributed by atoms with Crippen molar-refractivity contribution in [2.75, 3.05) is 7.11 Å². The number of H-pyrrole nitrogens is 1. The molecule has 0 aliphatic heterocycles. The van der Waals surface area contributed by atoms with Gasteiger partial charge in [-0.25, -0.2) is 4.98 Å². The van der Waals surface area contributed by atoms with Crippen LogP contribution in [0.2, 0.25) is 0 Å². The number of nitrogens with one attached hydrogen (secondary N) is 1. The molecule has 0 spiro atoms. The van der Waals surface area contributed by atoms with E-state index in [0.29, 0.717) is 17.2 Å². The van der Waals surface area contributed by atoms with Crippen molar-refractivity contribution in [2.24, 2.45) is 4.99 Å². The molecule has 6 aromatic rings. The Labute approximate surface area is 223 Å². The Kier molecular flexibility index (Phi) is 6.23. The zero-order valence-electron chi connectivity index (χ0n) is 21.0. The average molecular weight is 514 g/mol. The van der Waals surface area contributed by atoms with E-state index in [4.69, 9.17) is 14.1 Å². The topological polar surface area (TPSA) is 101 Å². The van der Waals surface area contributed by atoms with Crippen molar-refractivity contribution in [1.29, 1.82) is 0 Å². The van der Waals surface area contributed by atoms with Crippen LogP contribution >= 0.6 is 0 Å². The lowest BCUT2D eigenvalue weighted by molar-refractivity contribution is 0.413. The Bertz CT molecular complexity index is 1800. The second-order valence-electron chi connectivity index (χ2n) is 8.83. The predicted octanol–water partition coefficient (Wildman–Crippen LogP) is 6.98. The minimum Gasteiger partial charge on any atom is -0.507 e. The van der Waals surface area contributed by atoms with Crippen molar-refractivity contribution in [1.82, 2.24) is 9.97 Å². The number of benzene rings is 4. The van der Waals surface area contributed by atoms with E-state index in [1.54, 1.807) is 0 Å². The van der Waals surface area contributed by atoms with Crippen molar-refractivity contribution < 1.29 is 14.3 Å². The number of nitrogens with zero attached hydrogens (tertiary/aromatic N) is 2. The second-order valence-corrected chi connectivity index (χ2v) is 8.83. The van der Waals surface area contributed by atoms with Gasteiger partial charge in [-0.2, -0.15) is 0 Å². The largest absolute Gasteiger partial charge is 0.507 e. The van der Waals surface area contributed by atoms with Gasteiger partial charge in [-0.1, -0.05) is 78.9 Å². The Morgan fingerprint density at radius 3 is 2.23 bits per heavy atom. The number of aromatic nitrogens is 2. The molecular formula is C32H23N3O4. The lowest BCUT2D eigenvalue weighted by atomic mass is 10.1. The zero-order chi connectivity index (χ0) is 26.8. The quantitative estimate of drug-likeness (QED) is 0.234. The molecule has 7 nitrogen and oxygen atoms in total. The van der Waals surface area contributed by atoms with E-state index >= 15 is 0 Å². The number of para-hydroxylation sites is 1. The van der Waals surface area contributed by atoms with Gasteiger partial charge in [0.15, 0.2) is 0 Å². The molecule has 0 atom stereocenters. The van der Waals surface area contributed by atoms with Crippen molar-refractivity contribution >= 4 is 22.9 Å². The number of methoxy groups -OCH3 is 1. The van der Waals surface area contributed by atoms with E-state index < -0.39 is 0 Å². The third-order valence-electron chi connectivity index (χ3n) is 6.39. The van der Waals surface area contributed by atoms with Crippen LogP contribution in [-0.4, -0.2) is 28.4 Å². The fourth-order valence-electron chi connectivity index (χ4n) is 4.54. The van der Waals surface area contributed by atoms with E-state index in [0.717, 1.165) is 16.8 Å². The monoisotopic (exact) mass is 513 g/mol. The average Bonchev–Trinajstić information content (AvgIpc) is 3.42. The zero-order valence-corrected chi connectivity index (χ0v) is 21.0. The number of phenols is 1. The summed E-state index contributed by atoms with van der Waals surface area (Å²) < 4.78 is 11.5. The molecule has 0 saturated heterocycles. The standard InChI is InChI=1S/C32H23N3O4/c1-38-31-26(32-34-28(20-11-5-2-6-12-20)29(35-32)21-13-7-3-8-14-21)24(36)17-25-27(31)30(37)22(19-39-25)18-33-23-15-9-4-10-16-23/h2-19,36H,1H3,(H,34,35). The van der Waals surface area contributed by atoms with Gasteiger partial charge in [0.2, 0.25) is 5.43 Å². The minimum atomic E-state index is -0.341. The summed E-state index contributed by atoms with van der Waals surface area (Å²) in [6.45, 7) is 0. The van der Waals surface area contributed by atoms with Crippen molar-refractivity contribution in [3.05, 3.63) is 119 Å². The van der Waals surface area contributed by atoms with Gasteiger partial charge in [0.05, 0.1) is 29.7 Å². The van der Waals surface area contributed by atoms with Gasteiger partial charge in [-0.3, -0.25) is 9.79 Å². The summed E-state index contributed by atoms with van der Waals surface area (Å²) in [4.78, 5) is 26.2. The number of phenolic OH excluding ortho intramolecular Hbond substituents is 1. The first kappa shape index (κ1) is 23.9. The highest BCUT2D eigenvalue weighted by Gasteiger charge is 2.25. The molecule has 0 unspecified atom stereocenters. The van der Waals surface area contributed by atoms with Gasteiger partial charge in [0.25, 0.3) is 0 Å². The molecule has 0 amide bonds. The molecule has 0 aliphatic carbocycles. The summed E-state index contributed by atoms with van der Waals surface area (Å²) in [6, 6.07) is 30.3. The van der Waals surface area contributed by atoms with Gasteiger partial charge >= 0.3 is 0 Å². The normalized spacial score (nSPS) is 11.3. The molecular weight excluding hydrogens is 490 g/mol. The number of hydrogen-bond donors (Lipinski definition) is 2. The summed E-state index contributed by atoms with van der Waals surface area (Å²) in [5, 5.41) is 11.3. The highest BCUT2D eigenvalue weighted by atomic mass is 16.5. The van der Waals surface area contributed by atoms with Crippen LogP contribution < -0.4 is 10.2 Å². The van der Waals surface area contributed by atoms with Crippen LogP contribution in [0.5, 0.6) is 11.5 Å². The second kappa shape index (κ2) is 10.1. The third-order valence-corrected chi connectivity index (χ3v) is 6.39. The van der Waals surface area contributed by atoms with Crippen LogP contribution in [-0.2, 0) is 0 Å². The number of aromatic amines is 1. The molecule has 7 heteroatoms. The molecule has 0 aliphatic rings. The van der Waals surface area contributed by atoms with Crippen LogP contribution in [0.1, 0.15) is 5.56 Å². The van der Waals surface area contributed by atoms with Crippen LogP contribution in [0.3, 0.4) is 0 Å². The maximum atomic E-state index is 13.6. The predicted molar refractivity (Wildman–Crippen MR) is 153 cm³/mol. The van der Waals surface area contributed by atoms with E-state index in [-0.39, 0.29) is 39.0 Å². The van der Waals surface area contributed by atoms with Crippen molar-refractivity contribution in [3.8, 4) is 45.4 Å².